The first-order valence-corrected chi connectivity index (χ1v) is 8.31. The first kappa shape index (κ1) is 16.7. The molecule has 1 fully saturated rings. The average Bonchev–Trinajstić information content (AvgIpc) is 3.10. The van der Waals surface area contributed by atoms with Crippen LogP contribution in [0.1, 0.15) is 34.8 Å². The van der Waals surface area contributed by atoms with Crippen LogP contribution in [-0.2, 0) is 0 Å². The molecule has 1 unspecified atom stereocenters. The van der Waals surface area contributed by atoms with Gasteiger partial charge in [-0.1, -0.05) is 29.8 Å². The maximum Gasteiger partial charge on any atom is 0.255 e. The fraction of sp³-hybridized carbons (Fsp3) is 0.316. The molecule has 0 spiro atoms. The maximum atomic E-state index is 12.9. The van der Waals surface area contributed by atoms with Gasteiger partial charge >= 0.3 is 0 Å². The van der Waals surface area contributed by atoms with E-state index in [0.29, 0.717) is 22.1 Å². The Bertz CT molecular complexity index is 747. The van der Waals surface area contributed by atoms with E-state index in [4.69, 9.17) is 21.1 Å². The lowest BCUT2D eigenvalue weighted by molar-refractivity contribution is 0.0735. The van der Waals surface area contributed by atoms with Gasteiger partial charge in [0.05, 0.1) is 30.8 Å². The smallest absolute Gasteiger partial charge is 0.255 e. The third-order valence-electron chi connectivity index (χ3n) is 4.41. The van der Waals surface area contributed by atoms with Gasteiger partial charge in [-0.25, -0.2) is 0 Å². The van der Waals surface area contributed by atoms with Crippen LogP contribution in [0.5, 0.6) is 11.5 Å². The van der Waals surface area contributed by atoms with Gasteiger partial charge in [-0.2, -0.15) is 0 Å². The molecule has 4 nitrogen and oxygen atoms in total. The van der Waals surface area contributed by atoms with Crippen molar-refractivity contribution in [2.75, 3.05) is 20.8 Å². The Hall–Kier alpha value is -2.20. The van der Waals surface area contributed by atoms with Crippen LogP contribution in [0, 0.1) is 0 Å². The third-order valence-corrected chi connectivity index (χ3v) is 4.74. The summed E-state index contributed by atoms with van der Waals surface area (Å²) in [7, 11) is 3.23. The number of likely N-dealkylation sites (tertiary alicyclic amines) is 1. The molecule has 24 heavy (non-hydrogen) atoms. The summed E-state index contributed by atoms with van der Waals surface area (Å²) in [5.41, 5.74) is 1.59. The topological polar surface area (TPSA) is 38.8 Å². The number of carbonyl (C=O) groups is 1. The number of amides is 1. The standard InChI is InChI=1S/C19H20ClNO3/c1-23-17-10-9-13(12-18(17)24-2)16-8-5-11-21(16)19(22)14-6-3-4-7-15(14)20/h3-4,6-7,9-10,12,16H,5,8,11H2,1-2H3. The van der Waals surface area contributed by atoms with E-state index in [1.54, 1.807) is 26.4 Å². The average molecular weight is 346 g/mol. The summed E-state index contributed by atoms with van der Waals surface area (Å²) in [4.78, 5) is 14.8. The molecule has 1 heterocycles. The van der Waals surface area contributed by atoms with Gasteiger partial charge < -0.3 is 14.4 Å². The molecule has 0 aliphatic carbocycles. The number of benzene rings is 2. The number of hydrogen-bond acceptors (Lipinski definition) is 3. The summed E-state index contributed by atoms with van der Waals surface area (Å²) in [5, 5.41) is 0.487. The Morgan fingerprint density at radius 3 is 2.58 bits per heavy atom. The van der Waals surface area contributed by atoms with E-state index in [0.717, 1.165) is 24.9 Å². The molecule has 1 aliphatic heterocycles. The van der Waals surface area contributed by atoms with Crippen molar-refractivity contribution < 1.29 is 14.3 Å². The van der Waals surface area contributed by atoms with E-state index in [9.17, 15) is 4.79 Å². The van der Waals surface area contributed by atoms with Crippen LogP contribution in [0.4, 0.5) is 0 Å². The highest BCUT2D eigenvalue weighted by Crippen LogP contribution is 2.38. The quantitative estimate of drug-likeness (QED) is 0.827. The summed E-state index contributed by atoms with van der Waals surface area (Å²) < 4.78 is 10.7. The van der Waals surface area contributed by atoms with Crippen LogP contribution in [-0.4, -0.2) is 31.6 Å². The summed E-state index contributed by atoms with van der Waals surface area (Å²) in [6.07, 6.45) is 1.89. The number of rotatable bonds is 4. The second-order valence-corrected chi connectivity index (χ2v) is 6.16. The minimum atomic E-state index is -0.0297. The Balaban J connectivity index is 1.91. The summed E-state index contributed by atoms with van der Waals surface area (Å²) in [5.74, 6) is 1.33. The molecule has 0 aromatic heterocycles. The summed E-state index contributed by atoms with van der Waals surface area (Å²) in [6.45, 7) is 0.725. The van der Waals surface area contributed by atoms with E-state index in [-0.39, 0.29) is 11.9 Å². The molecular weight excluding hydrogens is 326 g/mol. The molecule has 1 saturated heterocycles. The highest BCUT2D eigenvalue weighted by molar-refractivity contribution is 6.33. The first-order chi connectivity index (χ1) is 11.7. The van der Waals surface area contributed by atoms with E-state index in [2.05, 4.69) is 0 Å². The van der Waals surface area contributed by atoms with Crippen molar-refractivity contribution in [2.45, 2.75) is 18.9 Å². The number of halogens is 1. The van der Waals surface area contributed by atoms with Crippen molar-refractivity contribution in [3.05, 3.63) is 58.6 Å². The molecular formula is C19H20ClNO3. The number of carbonyl (C=O) groups excluding carboxylic acids is 1. The van der Waals surface area contributed by atoms with Crippen LogP contribution >= 0.6 is 11.6 Å². The Labute approximate surface area is 146 Å². The van der Waals surface area contributed by atoms with Gasteiger partial charge in [-0.3, -0.25) is 4.79 Å². The zero-order chi connectivity index (χ0) is 17.1. The van der Waals surface area contributed by atoms with Gasteiger partial charge in [0.1, 0.15) is 0 Å². The summed E-state index contributed by atoms with van der Waals surface area (Å²) in [6, 6.07) is 13.0. The zero-order valence-corrected chi connectivity index (χ0v) is 14.5. The largest absolute Gasteiger partial charge is 0.493 e. The van der Waals surface area contributed by atoms with Crippen molar-refractivity contribution in [2.24, 2.45) is 0 Å². The van der Waals surface area contributed by atoms with Gasteiger partial charge in [0.15, 0.2) is 11.5 Å². The van der Waals surface area contributed by atoms with Crippen molar-refractivity contribution >= 4 is 17.5 Å². The minimum absolute atomic E-state index is 0.0218. The number of nitrogens with zero attached hydrogens (tertiary/aromatic N) is 1. The lowest BCUT2D eigenvalue weighted by Gasteiger charge is -2.26. The van der Waals surface area contributed by atoms with Crippen molar-refractivity contribution in [1.29, 1.82) is 0 Å². The van der Waals surface area contributed by atoms with E-state index >= 15 is 0 Å². The predicted molar refractivity (Wildman–Crippen MR) is 94.0 cm³/mol. The van der Waals surface area contributed by atoms with Gasteiger partial charge in [-0.15, -0.1) is 0 Å². The lowest BCUT2D eigenvalue weighted by atomic mass is 10.0. The molecule has 1 aliphatic rings. The highest BCUT2D eigenvalue weighted by Gasteiger charge is 2.31. The molecule has 2 aromatic carbocycles. The second kappa shape index (κ2) is 7.14. The zero-order valence-electron chi connectivity index (χ0n) is 13.8. The lowest BCUT2D eigenvalue weighted by Crippen LogP contribution is -2.30. The fourth-order valence-electron chi connectivity index (χ4n) is 3.21. The predicted octanol–water partition coefficient (Wildman–Crippen LogP) is 4.33. The SMILES string of the molecule is COc1ccc(C2CCCN2C(=O)c2ccccc2Cl)cc1OC. The highest BCUT2D eigenvalue weighted by atomic mass is 35.5. The van der Waals surface area contributed by atoms with Crippen molar-refractivity contribution in [3.8, 4) is 11.5 Å². The molecule has 0 radical (unpaired) electrons. The molecule has 0 N–H and O–H groups in total. The third kappa shape index (κ3) is 3.06. The van der Waals surface area contributed by atoms with Crippen LogP contribution < -0.4 is 9.47 Å². The molecule has 0 bridgehead atoms. The van der Waals surface area contributed by atoms with Crippen LogP contribution in [0.15, 0.2) is 42.5 Å². The molecule has 3 rings (SSSR count). The number of methoxy groups -OCH3 is 2. The first-order valence-electron chi connectivity index (χ1n) is 7.93. The van der Waals surface area contributed by atoms with Gasteiger partial charge in [0.2, 0.25) is 0 Å². The van der Waals surface area contributed by atoms with Crippen LogP contribution in [0.25, 0.3) is 0 Å². The molecule has 126 valence electrons. The summed E-state index contributed by atoms with van der Waals surface area (Å²) >= 11 is 6.19. The van der Waals surface area contributed by atoms with Crippen LogP contribution in [0.2, 0.25) is 5.02 Å². The molecule has 0 saturated carbocycles. The van der Waals surface area contributed by atoms with Crippen molar-refractivity contribution in [3.63, 3.8) is 0 Å². The van der Waals surface area contributed by atoms with Crippen molar-refractivity contribution in [1.82, 2.24) is 4.90 Å². The maximum absolute atomic E-state index is 12.9. The van der Waals surface area contributed by atoms with E-state index in [1.807, 2.05) is 35.2 Å². The molecule has 1 atom stereocenters. The number of hydrogen-bond donors (Lipinski definition) is 0. The Morgan fingerprint density at radius 1 is 1.12 bits per heavy atom. The van der Waals surface area contributed by atoms with Gasteiger partial charge in [0, 0.05) is 6.54 Å². The molecule has 1 amide bonds. The normalized spacial score (nSPS) is 17.0. The second-order valence-electron chi connectivity index (χ2n) is 5.75. The Kier molecular flexibility index (Phi) is 4.95. The Morgan fingerprint density at radius 2 is 1.88 bits per heavy atom. The van der Waals surface area contributed by atoms with Crippen LogP contribution in [0.3, 0.4) is 0 Å². The van der Waals surface area contributed by atoms with E-state index in [1.165, 1.54) is 0 Å². The van der Waals surface area contributed by atoms with E-state index < -0.39 is 0 Å². The van der Waals surface area contributed by atoms with Gasteiger partial charge in [-0.05, 0) is 42.7 Å². The molecule has 2 aromatic rings. The minimum Gasteiger partial charge on any atom is -0.493 e. The molecule has 5 heteroatoms. The number of ether oxygens (including phenoxy) is 2. The fourth-order valence-corrected chi connectivity index (χ4v) is 3.42. The monoisotopic (exact) mass is 345 g/mol. The van der Waals surface area contributed by atoms with Gasteiger partial charge in [0.25, 0.3) is 5.91 Å².